The van der Waals surface area contributed by atoms with Crippen LogP contribution in [0.5, 0.6) is 0 Å². The van der Waals surface area contributed by atoms with Gasteiger partial charge in [0, 0.05) is 28.5 Å². The number of thioether (sulfide) groups is 1. The lowest BCUT2D eigenvalue weighted by Gasteiger charge is -2.31. The normalized spacial score (nSPS) is 17.5. The molecule has 0 aliphatic carbocycles. The fourth-order valence-corrected chi connectivity index (χ4v) is 4.30. The molecule has 1 fully saturated rings. The van der Waals surface area contributed by atoms with Crippen molar-refractivity contribution in [2.75, 3.05) is 19.3 Å². The van der Waals surface area contributed by atoms with E-state index in [9.17, 15) is 4.79 Å². The Kier molecular flexibility index (Phi) is 5.88. The number of carbonyl (C=O) groups is 1. The quantitative estimate of drug-likeness (QED) is 0.452. The second-order valence-corrected chi connectivity index (χ2v) is 7.86. The average molecular weight is 394 g/mol. The molecule has 0 N–H and O–H groups in total. The third-order valence-electron chi connectivity index (χ3n) is 5.11. The van der Waals surface area contributed by atoms with Gasteiger partial charge in [0.1, 0.15) is 0 Å². The molecule has 0 radical (unpaired) electrons. The van der Waals surface area contributed by atoms with Crippen LogP contribution in [0.15, 0.2) is 64.0 Å². The lowest BCUT2D eigenvalue weighted by molar-refractivity contribution is 0.0794. The molecular weight excluding hydrogens is 370 g/mol. The molecule has 2 heterocycles. The van der Waals surface area contributed by atoms with Crippen molar-refractivity contribution in [3.05, 3.63) is 66.1 Å². The van der Waals surface area contributed by atoms with E-state index < -0.39 is 0 Å². The summed E-state index contributed by atoms with van der Waals surface area (Å²) >= 11 is 1.62. The van der Waals surface area contributed by atoms with E-state index in [-0.39, 0.29) is 11.7 Å². The Labute approximate surface area is 169 Å². The predicted octanol–water partition coefficient (Wildman–Crippen LogP) is 4.55. The Morgan fingerprint density at radius 1 is 1.18 bits per heavy atom. The summed E-state index contributed by atoms with van der Waals surface area (Å²) < 4.78 is 5.45. The molecule has 144 valence electrons. The maximum absolute atomic E-state index is 13.1. The number of ketones is 1. The first-order valence-corrected chi connectivity index (χ1v) is 10.7. The zero-order chi connectivity index (χ0) is 19.3. The molecule has 0 spiro atoms. The zero-order valence-electron chi connectivity index (χ0n) is 15.9. The molecule has 2 aromatic carbocycles. The second kappa shape index (κ2) is 8.71. The Morgan fingerprint density at radius 3 is 2.79 bits per heavy atom. The van der Waals surface area contributed by atoms with Gasteiger partial charge in [0.15, 0.2) is 5.78 Å². The van der Waals surface area contributed by atoms with E-state index in [0.29, 0.717) is 18.3 Å². The molecule has 6 heteroatoms. The molecule has 0 saturated carbocycles. The fourth-order valence-electron chi connectivity index (χ4n) is 3.70. The van der Waals surface area contributed by atoms with Crippen LogP contribution in [0.2, 0.25) is 0 Å². The number of aromatic nitrogens is 2. The van der Waals surface area contributed by atoms with E-state index >= 15 is 0 Å². The number of likely N-dealkylation sites (tertiary alicyclic amines) is 1. The number of piperidine rings is 1. The summed E-state index contributed by atoms with van der Waals surface area (Å²) in [5, 5.41) is 4.09. The first kappa shape index (κ1) is 18.9. The summed E-state index contributed by atoms with van der Waals surface area (Å²) in [6.45, 7) is 2.25. The van der Waals surface area contributed by atoms with Crippen molar-refractivity contribution in [1.82, 2.24) is 15.0 Å². The minimum atomic E-state index is 0.0126. The van der Waals surface area contributed by atoms with Gasteiger partial charge in [0.05, 0.1) is 6.54 Å². The van der Waals surface area contributed by atoms with Crippen LogP contribution in [0.25, 0.3) is 11.4 Å². The van der Waals surface area contributed by atoms with Crippen molar-refractivity contribution in [2.45, 2.75) is 24.3 Å². The van der Waals surface area contributed by atoms with Gasteiger partial charge >= 0.3 is 0 Å². The maximum Gasteiger partial charge on any atom is 0.241 e. The van der Waals surface area contributed by atoms with E-state index in [1.165, 1.54) is 0 Å². The molecule has 1 aliphatic heterocycles. The van der Waals surface area contributed by atoms with E-state index in [1.54, 1.807) is 11.8 Å². The number of Topliss-reactive ketones (excluding diaryl/α,β-unsaturated/α-hetero) is 1. The van der Waals surface area contributed by atoms with Crippen LogP contribution in [-0.2, 0) is 6.54 Å². The standard InChI is InChI=1S/C22H23N3O2S/c1-28-19-12-6-5-11-18(19)21(26)17-10-7-13-25(14-17)15-20-23-22(24-27-20)16-8-3-2-4-9-16/h2-6,8-9,11-12,17H,7,10,13-15H2,1H3. The summed E-state index contributed by atoms with van der Waals surface area (Å²) in [7, 11) is 0. The lowest BCUT2D eigenvalue weighted by Crippen LogP contribution is -2.38. The third-order valence-corrected chi connectivity index (χ3v) is 5.90. The number of nitrogens with zero attached hydrogens (tertiary/aromatic N) is 3. The highest BCUT2D eigenvalue weighted by Crippen LogP contribution is 2.27. The van der Waals surface area contributed by atoms with Crippen molar-refractivity contribution in [3.8, 4) is 11.4 Å². The number of hydrogen-bond acceptors (Lipinski definition) is 6. The second-order valence-electron chi connectivity index (χ2n) is 7.02. The smallest absolute Gasteiger partial charge is 0.241 e. The molecule has 1 atom stereocenters. The van der Waals surface area contributed by atoms with Crippen molar-refractivity contribution < 1.29 is 9.32 Å². The molecule has 1 aliphatic rings. The number of hydrogen-bond donors (Lipinski definition) is 0. The van der Waals surface area contributed by atoms with Crippen LogP contribution < -0.4 is 0 Å². The molecule has 0 amide bonds. The Morgan fingerprint density at radius 2 is 1.96 bits per heavy atom. The van der Waals surface area contributed by atoms with Crippen LogP contribution >= 0.6 is 11.8 Å². The highest BCUT2D eigenvalue weighted by molar-refractivity contribution is 7.98. The number of rotatable bonds is 6. The van der Waals surface area contributed by atoms with E-state index in [1.807, 2.05) is 60.9 Å². The molecule has 1 aromatic heterocycles. The zero-order valence-corrected chi connectivity index (χ0v) is 16.7. The first-order chi connectivity index (χ1) is 13.7. The van der Waals surface area contributed by atoms with E-state index in [0.717, 1.165) is 42.0 Å². The van der Waals surface area contributed by atoms with Crippen molar-refractivity contribution in [3.63, 3.8) is 0 Å². The summed E-state index contributed by atoms with van der Waals surface area (Å²) in [6.07, 6.45) is 3.94. The van der Waals surface area contributed by atoms with Gasteiger partial charge in [-0.2, -0.15) is 4.98 Å². The average Bonchev–Trinajstić information content (AvgIpc) is 3.22. The third kappa shape index (κ3) is 4.18. The Hall–Kier alpha value is -2.44. The lowest BCUT2D eigenvalue weighted by atomic mass is 9.90. The minimum absolute atomic E-state index is 0.0126. The maximum atomic E-state index is 13.1. The molecular formula is C22H23N3O2S. The molecule has 5 nitrogen and oxygen atoms in total. The van der Waals surface area contributed by atoms with Crippen LogP contribution in [-0.4, -0.2) is 40.2 Å². The van der Waals surface area contributed by atoms with Crippen LogP contribution in [0.4, 0.5) is 0 Å². The monoisotopic (exact) mass is 393 g/mol. The van der Waals surface area contributed by atoms with Gasteiger partial charge in [0.25, 0.3) is 0 Å². The summed E-state index contributed by atoms with van der Waals surface area (Å²) in [4.78, 5) is 20.9. The molecule has 3 aromatic rings. The van der Waals surface area contributed by atoms with Gasteiger partial charge in [-0.15, -0.1) is 11.8 Å². The number of benzene rings is 2. The van der Waals surface area contributed by atoms with Gasteiger partial charge in [0.2, 0.25) is 11.7 Å². The minimum Gasteiger partial charge on any atom is -0.338 e. The van der Waals surface area contributed by atoms with Crippen LogP contribution in [0, 0.1) is 5.92 Å². The number of carbonyl (C=O) groups excluding carboxylic acids is 1. The Bertz CT molecular complexity index is 942. The summed E-state index contributed by atoms with van der Waals surface area (Å²) in [6, 6.07) is 17.7. The van der Waals surface area contributed by atoms with Gasteiger partial charge in [-0.05, 0) is 31.7 Å². The SMILES string of the molecule is CSc1ccccc1C(=O)C1CCCN(Cc2nc(-c3ccccc3)no2)C1. The summed E-state index contributed by atoms with van der Waals surface area (Å²) in [5.74, 6) is 1.45. The highest BCUT2D eigenvalue weighted by Gasteiger charge is 2.28. The fraction of sp³-hybridized carbons (Fsp3) is 0.318. The predicted molar refractivity (Wildman–Crippen MR) is 110 cm³/mol. The van der Waals surface area contributed by atoms with Crippen molar-refractivity contribution >= 4 is 17.5 Å². The van der Waals surface area contributed by atoms with Gasteiger partial charge in [-0.25, -0.2) is 0 Å². The molecule has 4 rings (SSSR count). The van der Waals surface area contributed by atoms with Gasteiger partial charge < -0.3 is 4.52 Å². The van der Waals surface area contributed by atoms with Crippen LogP contribution in [0.1, 0.15) is 29.1 Å². The first-order valence-electron chi connectivity index (χ1n) is 9.52. The van der Waals surface area contributed by atoms with E-state index in [4.69, 9.17) is 4.52 Å². The molecule has 28 heavy (non-hydrogen) atoms. The van der Waals surface area contributed by atoms with Crippen LogP contribution in [0.3, 0.4) is 0 Å². The Balaban J connectivity index is 1.43. The van der Waals surface area contributed by atoms with Gasteiger partial charge in [-0.3, -0.25) is 9.69 Å². The highest BCUT2D eigenvalue weighted by atomic mass is 32.2. The topological polar surface area (TPSA) is 59.2 Å². The molecule has 1 saturated heterocycles. The van der Waals surface area contributed by atoms with Crippen molar-refractivity contribution in [2.24, 2.45) is 5.92 Å². The molecule has 0 bridgehead atoms. The molecule has 1 unspecified atom stereocenters. The van der Waals surface area contributed by atoms with Crippen molar-refractivity contribution in [1.29, 1.82) is 0 Å². The summed E-state index contributed by atoms with van der Waals surface area (Å²) in [5.41, 5.74) is 1.78. The van der Waals surface area contributed by atoms with Gasteiger partial charge in [-0.1, -0.05) is 53.7 Å². The van der Waals surface area contributed by atoms with E-state index in [2.05, 4.69) is 15.0 Å². The largest absolute Gasteiger partial charge is 0.338 e.